The average Bonchev–Trinajstić information content (AvgIpc) is 2.94. The third-order valence-corrected chi connectivity index (χ3v) is 6.58. The van der Waals surface area contributed by atoms with Gasteiger partial charge in [-0.1, -0.05) is 23.7 Å². The van der Waals surface area contributed by atoms with E-state index in [-0.39, 0.29) is 0 Å². The van der Waals surface area contributed by atoms with Gasteiger partial charge in [0.1, 0.15) is 12.1 Å². The summed E-state index contributed by atoms with van der Waals surface area (Å²) >= 11 is 5.98. The van der Waals surface area contributed by atoms with E-state index in [0.29, 0.717) is 4.90 Å². The number of fused-ring (bicyclic) bond motifs is 1. The molecule has 0 saturated carbocycles. The molecule has 0 aliphatic carbocycles. The first-order valence-electron chi connectivity index (χ1n) is 9.57. The lowest BCUT2D eigenvalue weighted by molar-refractivity contribution is 0.285. The summed E-state index contributed by atoms with van der Waals surface area (Å²) in [5.74, 6) is 0.800. The Morgan fingerprint density at radius 3 is 2.55 bits per heavy atom. The van der Waals surface area contributed by atoms with Crippen molar-refractivity contribution in [2.45, 2.75) is 17.9 Å². The van der Waals surface area contributed by atoms with Crippen molar-refractivity contribution in [2.75, 3.05) is 37.3 Å². The minimum Gasteiger partial charge on any atom is -0.355 e. The highest BCUT2D eigenvalue weighted by molar-refractivity contribution is 7.90. The minimum atomic E-state index is -3.29. The van der Waals surface area contributed by atoms with E-state index in [0.717, 1.165) is 60.9 Å². The molecule has 2 aromatic carbocycles. The number of rotatable bonds is 4. The van der Waals surface area contributed by atoms with Gasteiger partial charge < -0.3 is 4.90 Å². The molecule has 3 aromatic rings. The largest absolute Gasteiger partial charge is 0.355 e. The Morgan fingerprint density at radius 1 is 1.00 bits per heavy atom. The molecule has 1 saturated heterocycles. The van der Waals surface area contributed by atoms with Gasteiger partial charge in [0.25, 0.3) is 0 Å². The molecular weight excluding hydrogens is 408 g/mol. The molecule has 1 fully saturated rings. The van der Waals surface area contributed by atoms with Crippen LogP contribution in [0, 0.1) is 0 Å². The Labute approximate surface area is 176 Å². The van der Waals surface area contributed by atoms with Crippen LogP contribution in [0.3, 0.4) is 0 Å². The van der Waals surface area contributed by atoms with Gasteiger partial charge in [-0.05, 0) is 42.3 Å². The van der Waals surface area contributed by atoms with Crippen molar-refractivity contribution in [3.05, 3.63) is 59.4 Å². The molecule has 0 N–H and O–H groups in total. The van der Waals surface area contributed by atoms with Gasteiger partial charge in [-0.25, -0.2) is 18.4 Å². The SMILES string of the molecule is CS(=O)(=O)c1ccc2ncnc(N3CCCN(Cc4ccc(Cl)cc4)CC3)c2c1. The highest BCUT2D eigenvalue weighted by Crippen LogP contribution is 2.26. The predicted molar refractivity (Wildman–Crippen MR) is 116 cm³/mol. The number of hydrogen-bond donors (Lipinski definition) is 0. The quantitative estimate of drug-likeness (QED) is 0.632. The van der Waals surface area contributed by atoms with Crippen LogP contribution in [0.1, 0.15) is 12.0 Å². The topological polar surface area (TPSA) is 66.4 Å². The maximum Gasteiger partial charge on any atom is 0.175 e. The summed E-state index contributed by atoms with van der Waals surface area (Å²) in [7, 11) is -3.29. The van der Waals surface area contributed by atoms with E-state index in [4.69, 9.17) is 11.6 Å². The lowest BCUT2D eigenvalue weighted by Gasteiger charge is -2.24. The molecule has 0 spiro atoms. The van der Waals surface area contributed by atoms with Crippen molar-refractivity contribution in [2.24, 2.45) is 0 Å². The molecule has 2 heterocycles. The molecule has 6 nitrogen and oxygen atoms in total. The van der Waals surface area contributed by atoms with Crippen molar-refractivity contribution >= 4 is 38.2 Å². The highest BCUT2D eigenvalue weighted by atomic mass is 35.5. The summed E-state index contributed by atoms with van der Waals surface area (Å²) in [5.41, 5.74) is 2.00. The molecule has 1 aromatic heterocycles. The van der Waals surface area contributed by atoms with Gasteiger partial charge in [-0.15, -0.1) is 0 Å². The fourth-order valence-electron chi connectivity index (χ4n) is 3.69. The molecule has 0 bridgehead atoms. The number of nitrogens with zero attached hydrogens (tertiary/aromatic N) is 4. The first kappa shape index (κ1) is 20.1. The maximum absolute atomic E-state index is 12.0. The van der Waals surface area contributed by atoms with Crippen molar-refractivity contribution in [3.63, 3.8) is 0 Å². The van der Waals surface area contributed by atoms with Gasteiger partial charge in [0.2, 0.25) is 0 Å². The van der Waals surface area contributed by atoms with E-state index in [1.807, 2.05) is 12.1 Å². The van der Waals surface area contributed by atoms with Crippen molar-refractivity contribution in [3.8, 4) is 0 Å². The smallest absolute Gasteiger partial charge is 0.175 e. The third kappa shape index (κ3) is 4.69. The van der Waals surface area contributed by atoms with Crippen LogP contribution in [0.2, 0.25) is 5.02 Å². The van der Waals surface area contributed by atoms with Gasteiger partial charge in [0.15, 0.2) is 9.84 Å². The van der Waals surface area contributed by atoms with Crippen LogP contribution in [0.25, 0.3) is 10.9 Å². The van der Waals surface area contributed by atoms with Crippen LogP contribution in [-0.2, 0) is 16.4 Å². The van der Waals surface area contributed by atoms with Crippen LogP contribution in [0.4, 0.5) is 5.82 Å². The molecule has 0 radical (unpaired) electrons. The van der Waals surface area contributed by atoms with Crippen molar-refractivity contribution < 1.29 is 8.42 Å². The van der Waals surface area contributed by atoms with Crippen molar-refractivity contribution in [1.29, 1.82) is 0 Å². The standard InChI is InChI=1S/C21H23ClN4O2S/c1-29(27,28)18-7-8-20-19(13-18)21(24-15-23-20)26-10-2-9-25(11-12-26)14-16-3-5-17(22)6-4-16/h3-8,13,15H,2,9-12,14H2,1H3. The van der Waals surface area contributed by atoms with Crippen LogP contribution >= 0.6 is 11.6 Å². The Bertz CT molecular complexity index is 1120. The first-order valence-corrected chi connectivity index (χ1v) is 11.8. The highest BCUT2D eigenvalue weighted by Gasteiger charge is 2.19. The summed E-state index contributed by atoms with van der Waals surface area (Å²) in [4.78, 5) is 13.8. The molecule has 0 amide bonds. The Morgan fingerprint density at radius 2 is 1.79 bits per heavy atom. The minimum absolute atomic E-state index is 0.292. The van der Waals surface area contributed by atoms with Gasteiger partial charge in [-0.3, -0.25) is 4.90 Å². The number of anilines is 1. The van der Waals surface area contributed by atoms with E-state index in [2.05, 4.69) is 31.9 Å². The zero-order valence-corrected chi connectivity index (χ0v) is 17.8. The van der Waals surface area contributed by atoms with E-state index in [1.165, 1.54) is 11.8 Å². The molecule has 152 valence electrons. The maximum atomic E-state index is 12.0. The molecule has 1 aliphatic rings. The van der Waals surface area contributed by atoms with Crippen LogP contribution in [0.5, 0.6) is 0 Å². The molecule has 0 unspecified atom stereocenters. The number of sulfone groups is 1. The van der Waals surface area contributed by atoms with Crippen LogP contribution < -0.4 is 4.90 Å². The van der Waals surface area contributed by atoms with E-state index < -0.39 is 9.84 Å². The first-order chi connectivity index (χ1) is 13.9. The second-order valence-corrected chi connectivity index (χ2v) is 9.84. The second kappa shape index (κ2) is 8.26. The molecule has 1 aliphatic heterocycles. The van der Waals surface area contributed by atoms with Crippen LogP contribution in [-0.4, -0.2) is 55.7 Å². The Hall–Kier alpha value is -2.22. The molecule has 4 rings (SSSR count). The lowest BCUT2D eigenvalue weighted by atomic mass is 10.2. The molecular formula is C21H23ClN4O2S. The summed E-state index contributed by atoms with van der Waals surface area (Å²) in [5, 5.41) is 1.53. The summed E-state index contributed by atoms with van der Waals surface area (Å²) in [6, 6.07) is 13.0. The van der Waals surface area contributed by atoms with Crippen molar-refractivity contribution in [1.82, 2.24) is 14.9 Å². The zero-order valence-electron chi connectivity index (χ0n) is 16.3. The van der Waals surface area contributed by atoms with Gasteiger partial charge in [-0.2, -0.15) is 0 Å². The molecule has 0 atom stereocenters. The summed E-state index contributed by atoms with van der Waals surface area (Å²) in [6.45, 7) is 4.47. The van der Waals surface area contributed by atoms with E-state index >= 15 is 0 Å². The predicted octanol–water partition coefficient (Wildman–Crippen LogP) is 3.40. The number of halogens is 1. The normalized spacial score (nSPS) is 16.1. The number of aromatic nitrogens is 2. The third-order valence-electron chi connectivity index (χ3n) is 5.22. The van der Waals surface area contributed by atoms with E-state index in [1.54, 1.807) is 24.5 Å². The van der Waals surface area contributed by atoms with Gasteiger partial charge in [0.05, 0.1) is 10.4 Å². The fraction of sp³-hybridized carbons (Fsp3) is 0.333. The van der Waals surface area contributed by atoms with E-state index in [9.17, 15) is 8.42 Å². The number of hydrogen-bond acceptors (Lipinski definition) is 6. The Kier molecular flexibility index (Phi) is 5.72. The molecule has 29 heavy (non-hydrogen) atoms. The Balaban J connectivity index is 1.56. The zero-order chi connectivity index (χ0) is 20.4. The summed E-state index contributed by atoms with van der Waals surface area (Å²) < 4.78 is 24.0. The second-order valence-electron chi connectivity index (χ2n) is 7.39. The van der Waals surface area contributed by atoms with Crippen LogP contribution in [0.15, 0.2) is 53.7 Å². The molecule has 8 heteroatoms. The monoisotopic (exact) mass is 430 g/mol. The van der Waals surface area contributed by atoms with Gasteiger partial charge in [0, 0.05) is 49.4 Å². The number of benzene rings is 2. The fourth-order valence-corrected chi connectivity index (χ4v) is 4.47. The average molecular weight is 431 g/mol. The summed E-state index contributed by atoms with van der Waals surface area (Å²) in [6.07, 6.45) is 3.78. The lowest BCUT2D eigenvalue weighted by Crippen LogP contribution is -2.31. The van der Waals surface area contributed by atoms with Gasteiger partial charge >= 0.3 is 0 Å².